The number of carbonyl (C=O) groups is 2. The maximum Gasteiger partial charge on any atom is 0.259 e. The quantitative estimate of drug-likeness (QED) is 0.204. The summed E-state index contributed by atoms with van der Waals surface area (Å²) >= 11 is 0. The second-order valence-corrected chi connectivity index (χ2v) is 9.17. The number of hydrogen-bond donors (Lipinski definition) is 2. The van der Waals surface area contributed by atoms with Gasteiger partial charge < -0.3 is 20.1 Å². The highest BCUT2D eigenvalue weighted by molar-refractivity contribution is 6.06. The molecule has 6 heteroatoms. The van der Waals surface area contributed by atoms with Crippen molar-refractivity contribution in [2.75, 3.05) is 23.8 Å². The van der Waals surface area contributed by atoms with E-state index in [1.54, 1.807) is 12.1 Å². The zero-order valence-corrected chi connectivity index (χ0v) is 22.4. The topological polar surface area (TPSA) is 76.7 Å². The molecule has 0 heterocycles. The average Bonchev–Trinajstić information content (AvgIpc) is 2.97. The summed E-state index contributed by atoms with van der Waals surface area (Å²) in [6.07, 6.45) is 2.47. The second-order valence-electron chi connectivity index (χ2n) is 9.17. The van der Waals surface area contributed by atoms with E-state index in [-0.39, 0.29) is 11.8 Å². The van der Waals surface area contributed by atoms with Crippen molar-refractivity contribution in [1.82, 2.24) is 0 Å². The van der Waals surface area contributed by atoms with E-state index in [0.29, 0.717) is 35.8 Å². The molecule has 0 atom stereocenters. The number of ether oxygens (including phenoxy) is 2. The Morgan fingerprint density at radius 3 is 1.33 bits per heavy atom. The molecule has 0 saturated carbocycles. The van der Waals surface area contributed by atoms with Crippen molar-refractivity contribution in [2.24, 2.45) is 0 Å². The molecule has 0 aromatic heterocycles. The maximum atomic E-state index is 12.8. The molecule has 0 fully saturated rings. The van der Waals surface area contributed by atoms with Gasteiger partial charge in [-0.25, -0.2) is 0 Å². The Bertz CT molecular complexity index is 1270. The summed E-state index contributed by atoms with van der Waals surface area (Å²) in [4.78, 5) is 25.6. The Morgan fingerprint density at radius 2 is 0.949 bits per heavy atom. The van der Waals surface area contributed by atoms with Gasteiger partial charge >= 0.3 is 0 Å². The molecule has 4 aromatic rings. The van der Waals surface area contributed by atoms with E-state index in [9.17, 15) is 9.59 Å². The third kappa shape index (κ3) is 7.71. The molecule has 0 aliphatic heterocycles. The summed E-state index contributed by atoms with van der Waals surface area (Å²) in [7, 11) is 0. The van der Waals surface area contributed by atoms with Crippen LogP contribution in [0, 0.1) is 0 Å². The van der Waals surface area contributed by atoms with Gasteiger partial charge in [-0.05, 0) is 78.9 Å². The van der Waals surface area contributed by atoms with E-state index < -0.39 is 0 Å². The molecule has 39 heavy (non-hydrogen) atoms. The lowest BCUT2D eigenvalue weighted by Crippen LogP contribution is -2.14. The number of para-hydroxylation sites is 2. The van der Waals surface area contributed by atoms with E-state index in [1.807, 2.05) is 98.8 Å². The zero-order valence-electron chi connectivity index (χ0n) is 22.4. The number of amides is 2. The molecule has 0 radical (unpaired) electrons. The molecular weight excluding hydrogens is 488 g/mol. The standard InChI is InChI=1S/C33H34N2O4/c1-3-21-38-30-11-7-5-9-28(30)32(36)34-26-17-13-24(14-18-26)23-25-15-19-27(20-16-25)35-33(37)29-10-6-8-12-31(29)39-22-4-2/h5-20H,3-4,21-23H2,1-2H3,(H,34,36)(H,35,37). The summed E-state index contributed by atoms with van der Waals surface area (Å²) < 4.78 is 11.4. The Balaban J connectivity index is 1.34. The largest absolute Gasteiger partial charge is 0.493 e. The maximum absolute atomic E-state index is 12.8. The van der Waals surface area contributed by atoms with Gasteiger partial charge in [-0.15, -0.1) is 0 Å². The monoisotopic (exact) mass is 522 g/mol. The lowest BCUT2D eigenvalue weighted by atomic mass is 10.0. The molecule has 2 N–H and O–H groups in total. The Morgan fingerprint density at radius 1 is 0.564 bits per heavy atom. The van der Waals surface area contributed by atoms with Crippen molar-refractivity contribution in [3.05, 3.63) is 119 Å². The first-order valence-electron chi connectivity index (χ1n) is 13.3. The molecule has 200 valence electrons. The van der Waals surface area contributed by atoms with Gasteiger partial charge in [-0.2, -0.15) is 0 Å². The highest BCUT2D eigenvalue weighted by atomic mass is 16.5. The van der Waals surface area contributed by atoms with Crippen molar-refractivity contribution >= 4 is 23.2 Å². The summed E-state index contributed by atoms with van der Waals surface area (Å²) in [5.41, 5.74) is 4.68. The van der Waals surface area contributed by atoms with E-state index in [1.165, 1.54) is 0 Å². The fourth-order valence-corrected chi connectivity index (χ4v) is 4.03. The number of carbonyl (C=O) groups excluding carboxylic acids is 2. The first kappa shape index (κ1) is 27.5. The van der Waals surface area contributed by atoms with Crippen molar-refractivity contribution in [3.63, 3.8) is 0 Å². The second kappa shape index (κ2) is 13.8. The fourth-order valence-electron chi connectivity index (χ4n) is 4.03. The van der Waals surface area contributed by atoms with Gasteiger partial charge in [0.05, 0.1) is 24.3 Å². The molecule has 4 rings (SSSR count). The Labute approximate surface area is 230 Å². The minimum Gasteiger partial charge on any atom is -0.493 e. The van der Waals surface area contributed by atoms with Gasteiger partial charge in [-0.1, -0.05) is 62.4 Å². The predicted molar refractivity (Wildman–Crippen MR) is 156 cm³/mol. The molecule has 2 amide bonds. The molecule has 6 nitrogen and oxygen atoms in total. The van der Waals surface area contributed by atoms with Crippen LogP contribution in [0.15, 0.2) is 97.1 Å². The summed E-state index contributed by atoms with van der Waals surface area (Å²) in [5, 5.41) is 5.90. The first-order chi connectivity index (χ1) is 19.1. The van der Waals surface area contributed by atoms with Crippen molar-refractivity contribution < 1.29 is 19.1 Å². The van der Waals surface area contributed by atoms with Crippen LogP contribution in [0.25, 0.3) is 0 Å². The smallest absolute Gasteiger partial charge is 0.259 e. The van der Waals surface area contributed by atoms with Gasteiger partial charge in [-0.3, -0.25) is 9.59 Å². The minimum absolute atomic E-state index is 0.202. The van der Waals surface area contributed by atoms with Gasteiger partial charge in [0, 0.05) is 11.4 Å². The molecular formula is C33H34N2O4. The minimum atomic E-state index is -0.202. The fraction of sp³-hybridized carbons (Fsp3) is 0.212. The number of rotatable bonds is 12. The molecule has 0 aliphatic rings. The van der Waals surface area contributed by atoms with Gasteiger partial charge in [0.2, 0.25) is 0 Å². The van der Waals surface area contributed by atoms with E-state index in [4.69, 9.17) is 9.47 Å². The third-order valence-corrected chi connectivity index (χ3v) is 6.02. The first-order valence-corrected chi connectivity index (χ1v) is 13.3. The summed E-state index contributed by atoms with van der Waals surface area (Å²) in [6.45, 7) is 5.19. The lowest BCUT2D eigenvalue weighted by Gasteiger charge is -2.12. The van der Waals surface area contributed by atoms with Crippen LogP contribution >= 0.6 is 0 Å². The van der Waals surface area contributed by atoms with Crippen LogP contribution in [-0.2, 0) is 6.42 Å². The van der Waals surface area contributed by atoms with Gasteiger partial charge in [0.1, 0.15) is 11.5 Å². The SMILES string of the molecule is CCCOc1ccccc1C(=O)Nc1ccc(Cc2ccc(NC(=O)c3ccccc3OCCC)cc2)cc1. The molecule has 0 saturated heterocycles. The Kier molecular flexibility index (Phi) is 9.73. The van der Waals surface area contributed by atoms with Crippen molar-refractivity contribution in [2.45, 2.75) is 33.1 Å². The highest BCUT2D eigenvalue weighted by Gasteiger charge is 2.13. The summed E-state index contributed by atoms with van der Waals surface area (Å²) in [5.74, 6) is 0.766. The van der Waals surface area contributed by atoms with Crippen molar-refractivity contribution in [3.8, 4) is 11.5 Å². The summed E-state index contributed by atoms with van der Waals surface area (Å²) in [6, 6.07) is 30.1. The number of hydrogen-bond acceptors (Lipinski definition) is 4. The van der Waals surface area contributed by atoms with E-state index >= 15 is 0 Å². The molecule has 4 aromatic carbocycles. The number of benzene rings is 4. The van der Waals surface area contributed by atoms with E-state index in [2.05, 4.69) is 10.6 Å². The highest BCUT2D eigenvalue weighted by Crippen LogP contribution is 2.22. The molecule has 0 unspecified atom stereocenters. The van der Waals surface area contributed by atoms with Gasteiger partial charge in [0.15, 0.2) is 0 Å². The third-order valence-electron chi connectivity index (χ3n) is 6.02. The van der Waals surface area contributed by atoms with Crippen LogP contribution in [0.5, 0.6) is 11.5 Å². The number of nitrogens with one attached hydrogen (secondary N) is 2. The lowest BCUT2D eigenvalue weighted by molar-refractivity contribution is 0.101. The molecule has 0 bridgehead atoms. The zero-order chi connectivity index (χ0) is 27.5. The van der Waals surface area contributed by atoms with Gasteiger partial charge in [0.25, 0.3) is 11.8 Å². The predicted octanol–water partition coefficient (Wildman–Crippen LogP) is 7.36. The average molecular weight is 523 g/mol. The van der Waals surface area contributed by atoms with E-state index in [0.717, 1.165) is 41.8 Å². The van der Waals surface area contributed by atoms with Crippen LogP contribution in [0.2, 0.25) is 0 Å². The van der Waals surface area contributed by atoms with Crippen LogP contribution in [0.1, 0.15) is 58.5 Å². The van der Waals surface area contributed by atoms with Crippen LogP contribution in [0.4, 0.5) is 11.4 Å². The molecule has 0 aliphatic carbocycles. The van der Waals surface area contributed by atoms with Crippen LogP contribution < -0.4 is 20.1 Å². The normalized spacial score (nSPS) is 10.5. The van der Waals surface area contributed by atoms with Crippen LogP contribution in [0.3, 0.4) is 0 Å². The molecule has 0 spiro atoms. The Hall–Kier alpha value is -4.58. The van der Waals surface area contributed by atoms with Crippen molar-refractivity contribution in [1.29, 1.82) is 0 Å². The van der Waals surface area contributed by atoms with Crippen LogP contribution in [-0.4, -0.2) is 25.0 Å². The number of anilines is 2.